The van der Waals surface area contributed by atoms with E-state index < -0.39 is 17.6 Å². The van der Waals surface area contributed by atoms with Crippen LogP contribution < -0.4 is 0 Å². The second-order valence-electron chi connectivity index (χ2n) is 4.66. The van der Waals surface area contributed by atoms with Crippen molar-refractivity contribution in [3.8, 4) is 0 Å². The topological polar surface area (TPSA) is 55.4 Å². The normalized spacial score (nSPS) is 12.8. The standard InChI is InChI=1S/C14H34O6Si2/c1-7-15-21(6,16-8-2)20-13-12-14-22(17-9-3,18-10-4)19-11-5/h7-14H2,1-6H3. The highest BCUT2D eigenvalue weighted by molar-refractivity contribution is 6.60. The van der Waals surface area contributed by atoms with Crippen molar-refractivity contribution in [2.24, 2.45) is 0 Å². The molecule has 0 rings (SSSR count). The summed E-state index contributed by atoms with van der Waals surface area (Å²) >= 11 is 0. The van der Waals surface area contributed by atoms with Crippen LogP contribution in [0.1, 0.15) is 41.0 Å². The molecule has 0 saturated heterocycles. The fourth-order valence-electron chi connectivity index (χ4n) is 2.20. The molecule has 0 amide bonds. The SMILES string of the molecule is CCO[Si](C)(OCC)OCCC[Si](OCC)(OCC)OCC. The molecule has 0 aromatic rings. The van der Waals surface area contributed by atoms with Crippen molar-refractivity contribution in [2.45, 2.75) is 53.6 Å². The van der Waals surface area contributed by atoms with Gasteiger partial charge in [0.2, 0.25) is 0 Å². The van der Waals surface area contributed by atoms with Gasteiger partial charge in [-0.25, -0.2) is 0 Å². The van der Waals surface area contributed by atoms with Gasteiger partial charge in [-0.2, -0.15) is 0 Å². The van der Waals surface area contributed by atoms with Crippen LogP contribution in [0, 0.1) is 0 Å². The summed E-state index contributed by atoms with van der Waals surface area (Å²) in [6.45, 7) is 15.3. The molecule has 0 aliphatic carbocycles. The van der Waals surface area contributed by atoms with Gasteiger partial charge in [0, 0.05) is 52.2 Å². The van der Waals surface area contributed by atoms with E-state index in [2.05, 4.69) is 0 Å². The van der Waals surface area contributed by atoms with Crippen LogP contribution in [0.4, 0.5) is 0 Å². The second kappa shape index (κ2) is 12.6. The van der Waals surface area contributed by atoms with Crippen molar-refractivity contribution in [3.05, 3.63) is 0 Å². The summed E-state index contributed by atoms with van der Waals surface area (Å²) in [7, 11) is -5.08. The molecule has 8 heteroatoms. The molecule has 22 heavy (non-hydrogen) atoms. The molecule has 0 spiro atoms. The molecule has 0 radical (unpaired) electrons. The highest BCUT2D eigenvalue weighted by atomic mass is 28.4. The van der Waals surface area contributed by atoms with Gasteiger partial charge in [-0.15, -0.1) is 0 Å². The molecule has 0 bridgehead atoms. The maximum atomic E-state index is 5.89. The van der Waals surface area contributed by atoms with E-state index in [9.17, 15) is 0 Å². The maximum Gasteiger partial charge on any atom is 0.501 e. The van der Waals surface area contributed by atoms with E-state index in [1.807, 2.05) is 41.2 Å². The van der Waals surface area contributed by atoms with Crippen molar-refractivity contribution in [1.82, 2.24) is 0 Å². The second-order valence-corrected chi connectivity index (χ2v) is 9.99. The van der Waals surface area contributed by atoms with Crippen molar-refractivity contribution in [3.63, 3.8) is 0 Å². The minimum Gasteiger partial charge on any atom is -0.374 e. The van der Waals surface area contributed by atoms with Gasteiger partial charge < -0.3 is 26.6 Å². The first kappa shape index (κ1) is 22.2. The fourth-order valence-corrected chi connectivity index (χ4v) is 6.59. The number of rotatable bonds is 15. The lowest BCUT2D eigenvalue weighted by Crippen LogP contribution is -2.47. The average molecular weight is 355 g/mol. The highest BCUT2D eigenvalue weighted by Gasteiger charge is 2.40. The predicted octanol–water partition coefficient (Wildman–Crippen LogP) is 3.08. The third-order valence-corrected chi connectivity index (χ3v) is 8.40. The van der Waals surface area contributed by atoms with Crippen LogP contribution in [0.3, 0.4) is 0 Å². The Balaban J connectivity index is 4.41. The molecular formula is C14H34O6Si2. The summed E-state index contributed by atoms with van der Waals surface area (Å²) in [6, 6.07) is 0.741. The first-order chi connectivity index (χ1) is 10.5. The molecule has 0 saturated carbocycles. The zero-order valence-corrected chi connectivity index (χ0v) is 17.1. The molecule has 0 aromatic heterocycles. The van der Waals surface area contributed by atoms with Gasteiger partial charge >= 0.3 is 17.6 Å². The van der Waals surface area contributed by atoms with Crippen molar-refractivity contribution < 1.29 is 26.6 Å². The Bertz CT molecular complexity index is 245. The van der Waals surface area contributed by atoms with E-state index in [0.717, 1.165) is 12.5 Å². The molecule has 0 unspecified atom stereocenters. The molecule has 0 heterocycles. The molecule has 0 aromatic carbocycles. The van der Waals surface area contributed by atoms with Crippen LogP contribution in [0.15, 0.2) is 0 Å². The molecule has 0 aliphatic heterocycles. The fraction of sp³-hybridized carbons (Fsp3) is 1.00. The van der Waals surface area contributed by atoms with Crippen LogP contribution in [-0.4, -0.2) is 57.3 Å². The van der Waals surface area contributed by atoms with E-state index in [-0.39, 0.29) is 0 Å². The van der Waals surface area contributed by atoms with Gasteiger partial charge in [-0.05, 0) is 41.0 Å². The minimum absolute atomic E-state index is 0.560. The van der Waals surface area contributed by atoms with Crippen LogP contribution >= 0.6 is 0 Å². The Morgan fingerprint density at radius 2 is 1.00 bits per heavy atom. The molecule has 0 fully saturated rings. The van der Waals surface area contributed by atoms with Crippen molar-refractivity contribution in [2.75, 3.05) is 39.6 Å². The summed E-state index contributed by atoms with van der Waals surface area (Å²) in [5, 5.41) is 0. The zero-order chi connectivity index (χ0) is 16.9. The quantitative estimate of drug-likeness (QED) is 0.333. The smallest absolute Gasteiger partial charge is 0.374 e. The number of hydrogen-bond acceptors (Lipinski definition) is 6. The van der Waals surface area contributed by atoms with Gasteiger partial charge in [0.05, 0.1) is 0 Å². The predicted molar refractivity (Wildman–Crippen MR) is 90.9 cm³/mol. The molecule has 0 N–H and O–H groups in total. The van der Waals surface area contributed by atoms with E-state index in [1.54, 1.807) is 0 Å². The Hall–Kier alpha value is 0.194. The largest absolute Gasteiger partial charge is 0.501 e. The molecule has 0 atom stereocenters. The Morgan fingerprint density at radius 3 is 1.36 bits per heavy atom. The average Bonchev–Trinajstić information content (AvgIpc) is 2.45. The zero-order valence-electron chi connectivity index (χ0n) is 15.1. The molecule has 6 nitrogen and oxygen atoms in total. The Labute approximate surface area is 138 Å². The van der Waals surface area contributed by atoms with Gasteiger partial charge in [0.15, 0.2) is 0 Å². The Morgan fingerprint density at radius 1 is 0.591 bits per heavy atom. The number of hydrogen-bond donors (Lipinski definition) is 0. The lowest BCUT2D eigenvalue weighted by molar-refractivity contribution is 0.0596. The molecule has 134 valence electrons. The van der Waals surface area contributed by atoms with Crippen LogP contribution in [-0.2, 0) is 26.6 Å². The van der Waals surface area contributed by atoms with Gasteiger partial charge in [-0.3, -0.25) is 0 Å². The van der Waals surface area contributed by atoms with E-state index in [1.165, 1.54) is 0 Å². The highest BCUT2D eigenvalue weighted by Crippen LogP contribution is 2.19. The lowest BCUT2D eigenvalue weighted by Gasteiger charge is -2.29. The monoisotopic (exact) mass is 354 g/mol. The van der Waals surface area contributed by atoms with Crippen LogP contribution in [0.25, 0.3) is 0 Å². The van der Waals surface area contributed by atoms with Gasteiger partial charge in [0.1, 0.15) is 0 Å². The first-order valence-electron chi connectivity index (χ1n) is 8.35. The molecular weight excluding hydrogens is 320 g/mol. The van der Waals surface area contributed by atoms with E-state index >= 15 is 0 Å². The summed E-state index contributed by atoms with van der Waals surface area (Å²) in [5.74, 6) is 0. The third kappa shape index (κ3) is 8.73. The van der Waals surface area contributed by atoms with Crippen LogP contribution in [0.5, 0.6) is 0 Å². The Kier molecular flexibility index (Phi) is 12.7. The van der Waals surface area contributed by atoms with Gasteiger partial charge in [0.25, 0.3) is 0 Å². The summed E-state index contributed by atoms with van der Waals surface area (Å²) in [4.78, 5) is 0. The lowest BCUT2D eigenvalue weighted by atomic mass is 10.5. The third-order valence-electron chi connectivity index (χ3n) is 2.90. The first-order valence-corrected chi connectivity index (χ1v) is 12.5. The summed E-state index contributed by atoms with van der Waals surface area (Å²) in [5.41, 5.74) is 0. The summed E-state index contributed by atoms with van der Waals surface area (Å²) < 4.78 is 34.7. The summed E-state index contributed by atoms with van der Waals surface area (Å²) in [6.07, 6.45) is 0.801. The van der Waals surface area contributed by atoms with Gasteiger partial charge in [-0.1, -0.05) is 0 Å². The van der Waals surface area contributed by atoms with E-state index in [0.29, 0.717) is 39.6 Å². The van der Waals surface area contributed by atoms with Crippen molar-refractivity contribution >= 4 is 17.6 Å². The van der Waals surface area contributed by atoms with Crippen LogP contribution in [0.2, 0.25) is 12.6 Å². The van der Waals surface area contributed by atoms with Crippen molar-refractivity contribution in [1.29, 1.82) is 0 Å². The molecule has 0 aliphatic rings. The van der Waals surface area contributed by atoms with E-state index in [4.69, 9.17) is 26.6 Å². The maximum absolute atomic E-state index is 5.89. The minimum atomic E-state index is -2.58.